The lowest BCUT2D eigenvalue weighted by molar-refractivity contribution is -0.384. The number of aromatic carboxylic acids is 1. The number of nitro groups is 1. The molecule has 0 bridgehead atoms. The monoisotopic (exact) mass is 629 g/mol. The molecule has 13 heteroatoms. The summed E-state index contributed by atoms with van der Waals surface area (Å²) in [4.78, 5) is 21.3. The van der Waals surface area contributed by atoms with Gasteiger partial charge in [-0.05, 0) is 77.0 Å². The van der Waals surface area contributed by atoms with Crippen molar-refractivity contribution in [2.45, 2.75) is 19.7 Å². The van der Waals surface area contributed by atoms with Crippen LogP contribution in [0, 0.1) is 13.7 Å². The Morgan fingerprint density at radius 1 is 1.16 bits per heavy atom. The van der Waals surface area contributed by atoms with E-state index in [-0.39, 0.29) is 17.9 Å². The van der Waals surface area contributed by atoms with Crippen molar-refractivity contribution in [2.75, 3.05) is 12.0 Å². The highest BCUT2D eigenvalue weighted by Crippen LogP contribution is 2.36. The maximum atomic E-state index is 12.9. The molecule has 0 saturated carbocycles. The van der Waals surface area contributed by atoms with E-state index < -0.39 is 28.3 Å². The van der Waals surface area contributed by atoms with Crippen LogP contribution < -0.4 is 14.9 Å². The Morgan fingerprint density at radius 2 is 1.86 bits per heavy atom. The van der Waals surface area contributed by atoms with Gasteiger partial charge in [0, 0.05) is 6.07 Å². The molecular weight excluding hydrogens is 610 g/mol. The summed E-state index contributed by atoms with van der Waals surface area (Å²) in [6.07, 6.45) is -3.38. The molecule has 0 radical (unpaired) electrons. The topological polar surface area (TPSA) is 123 Å². The summed E-state index contributed by atoms with van der Waals surface area (Å²) in [7, 11) is 0. The fourth-order valence-corrected chi connectivity index (χ4v) is 3.88. The molecule has 0 aliphatic carbocycles. The number of anilines is 1. The molecule has 0 fully saturated rings. The van der Waals surface area contributed by atoms with Gasteiger partial charge in [0.2, 0.25) is 0 Å². The first-order valence-electron chi connectivity index (χ1n) is 10.6. The molecule has 2 N–H and O–H groups in total. The predicted molar refractivity (Wildman–Crippen MR) is 137 cm³/mol. The molecule has 0 aliphatic heterocycles. The molecule has 9 nitrogen and oxygen atoms in total. The molecule has 3 aromatic carbocycles. The number of nitrogens with zero attached hydrogens (tertiary/aromatic N) is 2. The van der Waals surface area contributed by atoms with E-state index in [0.29, 0.717) is 33.3 Å². The molecular formula is C24H19F3IN3O6. The zero-order valence-corrected chi connectivity index (χ0v) is 21.2. The standard InChI is InChI=1S/C24H19F3IN3O6/c1-2-36-21-10-15(9-18(28)22(21)37-13-14-3-5-16(6-4-14)23(32)33)12-29-30-19-8-7-17(24(25,26)27)11-20(19)31(34)35/h3-12,30H,2,13H2,1H3,(H,32,33)/b29-12-. The van der Waals surface area contributed by atoms with Crippen LogP contribution in [0.4, 0.5) is 24.5 Å². The second kappa shape index (κ2) is 11.9. The van der Waals surface area contributed by atoms with Crippen LogP contribution in [-0.4, -0.2) is 28.8 Å². The van der Waals surface area contributed by atoms with Crippen LogP contribution in [0.3, 0.4) is 0 Å². The SMILES string of the molecule is CCOc1cc(/C=N\Nc2ccc(C(F)(F)F)cc2[N+](=O)[O-])cc(I)c1OCc1ccc(C(=O)O)cc1. The lowest BCUT2D eigenvalue weighted by Gasteiger charge is -2.15. The van der Waals surface area contributed by atoms with Crippen LogP contribution in [0.25, 0.3) is 0 Å². The highest BCUT2D eigenvalue weighted by molar-refractivity contribution is 14.1. The number of rotatable bonds is 10. The first-order chi connectivity index (χ1) is 17.5. The van der Waals surface area contributed by atoms with Gasteiger partial charge >= 0.3 is 12.1 Å². The Labute approximate surface area is 222 Å². The molecule has 0 aromatic heterocycles. The minimum atomic E-state index is -4.72. The quantitative estimate of drug-likeness (QED) is 0.116. The van der Waals surface area contributed by atoms with Crippen molar-refractivity contribution in [1.29, 1.82) is 0 Å². The number of hydrogen-bond acceptors (Lipinski definition) is 7. The van der Waals surface area contributed by atoms with E-state index in [0.717, 1.165) is 17.7 Å². The maximum Gasteiger partial charge on any atom is 0.416 e. The summed E-state index contributed by atoms with van der Waals surface area (Å²) in [5.74, 6) is -0.174. The van der Waals surface area contributed by atoms with E-state index in [4.69, 9.17) is 14.6 Å². The number of nitro benzene ring substituents is 1. The lowest BCUT2D eigenvalue weighted by atomic mass is 10.1. The van der Waals surface area contributed by atoms with Gasteiger partial charge in [-0.3, -0.25) is 15.5 Å². The fraction of sp³-hybridized carbons (Fsp3) is 0.167. The van der Waals surface area contributed by atoms with Gasteiger partial charge in [-0.15, -0.1) is 0 Å². The van der Waals surface area contributed by atoms with E-state index in [2.05, 4.69) is 10.5 Å². The fourth-order valence-electron chi connectivity index (χ4n) is 3.09. The van der Waals surface area contributed by atoms with Crippen LogP contribution in [-0.2, 0) is 12.8 Å². The number of carboxylic acids is 1. The Kier molecular flexibility index (Phi) is 8.91. The Hall–Kier alpha value is -3.88. The highest BCUT2D eigenvalue weighted by atomic mass is 127. The van der Waals surface area contributed by atoms with Crippen LogP contribution in [0.1, 0.15) is 34.0 Å². The van der Waals surface area contributed by atoms with E-state index in [1.807, 2.05) is 22.6 Å². The third-order valence-corrected chi connectivity index (χ3v) is 5.64. The average Bonchev–Trinajstić information content (AvgIpc) is 2.83. The molecule has 3 rings (SSSR count). The number of hydrazone groups is 1. The van der Waals surface area contributed by atoms with Gasteiger partial charge in [0.05, 0.1) is 32.4 Å². The number of carboxylic acid groups (broad SMARTS) is 1. The first-order valence-corrected chi connectivity index (χ1v) is 11.6. The number of ether oxygens (including phenoxy) is 2. The molecule has 0 spiro atoms. The third kappa shape index (κ3) is 7.31. The van der Waals surface area contributed by atoms with Crippen molar-refractivity contribution in [3.63, 3.8) is 0 Å². The Morgan fingerprint density at radius 3 is 2.46 bits per heavy atom. The van der Waals surface area contributed by atoms with Crippen molar-refractivity contribution in [2.24, 2.45) is 5.10 Å². The van der Waals surface area contributed by atoms with Crippen molar-refractivity contribution in [1.82, 2.24) is 0 Å². The number of nitrogens with one attached hydrogen (secondary N) is 1. The van der Waals surface area contributed by atoms with Gasteiger partial charge in [0.1, 0.15) is 12.3 Å². The molecule has 0 atom stereocenters. The number of hydrogen-bond donors (Lipinski definition) is 2. The third-order valence-electron chi connectivity index (χ3n) is 4.84. The Balaban J connectivity index is 1.78. The second-order valence-corrected chi connectivity index (χ2v) is 8.57. The van der Waals surface area contributed by atoms with Gasteiger partial charge in [-0.1, -0.05) is 12.1 Å². The number of alkyl halides is 3. The van der Waals surface area contributed by atoms with Crippen LogP contribution in [0.5, 0.6) is 11.5 Å². The number of benzene rings is 3. The average molecular weight is 629 g/mol. The summed E-state index contributed by atoms with van der Waals surface area (Å²) < 4.78 is 50.9. The normalized spacial score (nSPS) is 11.4. The number of carbonyl (C=O) groups is 1. The minimum Gasteiger partial charge on any atom is -0.490 e. The van der Waals surface area contributed by atoms with Gasteiger partial charge in [-0.2, -0.15) is 18.3 Å². The van der Waals surface area contributed by atoms with Gasteiger partial charge < -0.3 is 14.6 Å². The van der Waals surface area contributed by atoms with E-state index in [1.165, 1.54) is 18.3 Å². The molecule has 0 amide bonds. The Bertz CT molecular complexity index is 1330. The molecule has 0 heterocycles. The van der Waals surface area contributed by atoms with Crippen molar-refractivity contribution in [3.8, 4) is 11.5 Å². The van der Waals surface area contributed by atoms with Crippen molar-refractivity contribution < 1.29 is 37.5 Å². The summed E-state index contributed by atoms with van der Waals surface area (Å²) >= 11 is 2.04. The summed E-state index contributed by atoms with van der Waals surface area (Å²) in [6.45, 7) is 2.27. The van der Waals surface area contributed by atoms with Crippen molar-refractivity contribution in [3.05, 3.63) is 90.5 Å². The zero-order valence-electron chi connectivity index (χ0n) is 19.1. The first kappa shape index (κ1) is 27.7. The van der Waals surface area contributed by atoms with E-state index >= 15 is 0 Å². The van der Waals surface area contributed by atoms with Crippen LogP contribution in [0.15, 0.2) is 59.7 Å². The van der Waals surface area contributed by atoms with Gasteiger partial charge in [-0.25, -0.2) is 4.79 Å². The molecule has 3 aromatic rings. The largest absolute Gasteiger partial charge is 0.490 e. The minimum absolute atomic E-state index is 0.155. The molecule has 37 heavy (non-hydrogen) atoms. The van der Waals surface area contributed by atoms with Crippen LogP contribution >= 0.6 is 22.6 Å². The highest BCUT2D eigenvalue weighted by Gasteiger charge is 2.33. The van der Waals surface area contributed by atoms with E-state index in [1.54, 1.807) is 31.2 Å². The van der Waals surface area contributed by atoms with Crippen molar-refractivity contribution >= 4 is 46.1 Å². The molecule has 0 aliphatic rings. The summed E-state index contributed by atoms with van der Waals surface area (Å²) in [6, 6.07) is 11.7. The number of halogens is 4. The molecule has 194 valence electrons. The maximum absolute atomic E-state index is 12.9. The molecule has 0 saturated heterocycles. The summed E-state index contributed by atoms with van der Waals surface area (Å²) in [5, 5.41) is 24.2. The van der Waals surface area contributed by atoms with Gasteiger partial charge in [0.25, 0.3) is 5.69 Å². The second-order valence-electron chi connectivity index (χ2n) is 7.41. The smallest absolute Gasteiger partial charge is 0.416 e. The zero-order chi connectivity index (χ0) is 27.2. The predicted octanol–water partition coefficient (Wildman–Crippen LogP) is 6.34. The van der Waals surface area contributed by atoms with Gasteiger partial charge in [0.15, 0.2) is 11.5 Å². The lowest BCUT2D eigenvalue weighted by Crippen LogP contribution is -2.06. The van der Waals surface area contributed by atoms with Crippen LogP contribution in [0.2, 0.25) is 0 Å². The molecule has 0 unspecified atom stereocenters. The summed E-state index contributed by atoms with van der Waals surface area (Å²) in [5.41, 5.74) is 1.74. The van der Waals surface area contributed by atoms with E-state index in [9.17, 15) is 28.1 Å².